The first kappa shape index (κ1) is 18.1. The highest BCUT2D eigenvalue weighted by Gasteiger charge is 2.29. The van der Waals surface area contributed by atoms with E-state index in [0.29, 0.717) is 0 Å². The van der Waals surface area contributed by atoms with Crippen LogP contribution in [0.4, 0.5) is 0 Å². The Morgan fingerprint density at radius 2 is 1.55 bits per heavy atom. The lowest BCUT2D eigenvalue weighted by molar-refractivity contribution is -0.109. The van der Waals surface area contributed by atoms with Gasteiger partial charge in [-0.05, 0) is 43.4 Å². The highest BCUT2D eigenvalue weighted by molar-refractivity contribution is 8.13. The van der Waals surface area contributed by atoms with Crippen LogP contribution in [0.3, 0.4) is 0 Å². The van der Waals surface area contributed by atoms with Crippen molar-refractivity contribution in [2.75, 3.05) is 11.5 Å². The van der Waals surface area contributed by atoms with Crippen molar-refractivity contribution in [2.24, 2.45) is 17.8 Å². The highest BCUT2D eigenvalue weighted by atomic mass is 32.2. The lowest BCUT2D eigenvalue weighted by Gasteiger charge is -2.36. The largest absolute Gasteiger partial charge is 0.288 e. The van der Waals surface area contributed by atoms with E-state index >= 15 is 0 Å². The molecule has 2 nitrogen and oxygen atoms in total. The third kappa shape index (κ3) is 7.16. The van der Waals surface area contributed by atoms with E-state index in [1.165, 1.54) is 42.8 Å². The van der Waals surface area contributed by atoms with E-state index in [-0.39, 0.29) is 10.2 Å². The van der Waals surface area contributed by atoms with Gasteiger partial charge >= 0.3 is 0 Å². The fourth-order valence-corrected chi connectivity index (χ4v) is 4.54. The van der Waals surface area contributed by atoms with E-state index in [0.717, 1.165) is 48.5 Å². The maximum Gasteiger partial charge on any atom is 0.185 e. The van der Waals surface area contributed by atoms with Gasteiger partial charge in [-0.3, -0.25) is 9.59 Å². The molecule has 1 fully saturated rings. The van der Waals surface area contributed by atoms with Gasteiger partial charge in [-0.15, -0.1) is 0 Å². The number of carbonyl (C=O) groups excluding carboxylic acids is 2. The molecule has 1 radical (unpaired) electrons. The summed E-state index contributed by atoms with van der Waals surface area (Å²) in [4.78, 5) is 22.1. The van der Waals surface area contributed by atoms with E-state index in [9.17, 15) is 9.59 Å². The zero-order chi connectivity index (χ0) is 15.0. The van der Waals surface area contributed by atoms with E-state index in [1.54, 1.807) is 13.8 Å². The van der Waals surface area contributed by atoms with Gasteiger partial charge in [-0.25, -0.2) is 0 Å². The molecule has 4 heteroatoms. The fourth-order valence-electron chi connectivity index (χ4n) is 3.13. The molecule has 0 aromatic rings. The van der Waals surface area contributed by atoms with Gasteiger partial charge in [0, 0.05) is 25.4 Å². The van der Waals surface area contributed by atoms with Crippen molar-refractivity contribution in [2.45, 2.75) is 52.4 Å². The van der Waals surface area contributed by atoms with E-state index in [1.807, 2.05) is 0 Å². The Balaban J connectivity index is 2.41. The van der Waals surface area contributed by atoms with E-state index < -0.39 is 0 Å². The number of hydrogen-bond donors (Lipinski definition) is 0. The van der Waals surface area contributed by atoms with Crippen LogP contribution in [0.1, 0.15) is 52.4 Å². The molecule has 0 heterocycles. The predicted molar refractivity (Wildman–Crippen MR) is 89.8 cm³/mol. The second-order valence-electron chi connectivity index (χ2n) is 5.75. The third-order valence-electron chi connectivity index (χ3n) is 4.24. The second kappa shape index (κ2) is 9.88. The lowest BCUT2D eigenvalue weighted by atomic mass is 9.71. The summed E-state index contributed by atoms with van der Waals surface area (Å²) >= 11 is 2.90. The maximum absolute atomic E-state index is 11.0. The van der Waals surface area contributed by atoms with Crippen molar-refractivity contribution >= 4 is 33.8 Å². The minimum Gasteiger partial charge on any atom is -0.288 e. The van der Waals surface area contributed by atoms with Crippen LogP contribution >= 0.6 is 23.5 Å². The Labute approximate surface area is 132 Å². The first-order valence-electron chi connectivity index (χ1n) is 7.58. The first-order chi connectivity index (χ1) is 9.52. The zero-order valence-corrected chi connectivity index (χ0v) is 14.4. The monoisotopic (exact) mass is 315 g/mol. The van der Waals surface area contributed by atoms with Gasteiger partial charge in [0.15, 0.2) is 10.2 Å². The summed E-state index contributed by atoms with van der Waals surface area (Å²) < 4.78 is 0. The standard InChI is InChI=1S/C16H27O2S2/c1-4-14-5-6-15(7-9-19-12(2)17)16(11-14)8-10-20-13(3)18/h14-16H,1,4-11H2,2-3H3. The molecule has 0 N–H and O–H groups in total. The van der Waals surface area contributed by atoms with Crippen LogP contribution in [0.5, 0.6) is 0 Å². The van der Waals surface area contributed by atoms with Gasteiger partial charge in [-0.2, -0.15) is 0 Å². The van der Waals surface area contributed by atoms with Gasteiger partial charge in [0.2, 0.25) is 0 Å². The molecule has 1 aliphatic rings. The van der Waals surface area contributed by atoms with Crippen LogP contribution < -0.4 is 0 Å². The number of hydrogen-bond acceptors (Lipinski definition) is 4. The normalized spacial score (nSPS) is 26.4. The van der Waals surface area contributed by atoms with Crippen LogP contribution in [0.25, 0.3) is 0 Å². The third-order valence-corrected chi connectivity index (χ3v) is 5.94. The molecule has 0 bridgehead atoms. The van der Waals surface area contributed by atoms with Gasteiger partial charge in [0.25, 0.3) is 0 Å². The number of thioether (sulfide) groups is 2. The van der Waals surface area contributed by atoms with Crippen molar-refractivity contribution in [3.8, 4) is 0 Å². The van der Waals surface area contributed by atoms with Gasteiger partial charge in [0.05, 0.1) is 0 Å². The van der Waals surface area contributed by atoms with Crippen molar-refractivity contribution in [1.82, 2.24) is 0 Å². The summed E-state index contributed by atoms with van der Waals surface area (Å²) in [7, 11) is 0. The van der Waals surface area contributed by atoms with Crippen LogP contribution in [0.2, 0.25) is 0 Å². The first-order valence-corrected chi connectivity index (χ1v) is 9.56. The maximum atomic E-state index is 11.0. The van der Waals surface area contributed by atoms with Crippen molar-refractivity contribution < 1.29 is 9.59 Å². The SMILES string of the molecule is [CH2]CC1CCC(CCSC(C)=O)C(CCSC(C)=O)C1. The molecule has 0 amide bonds. The molecule has 1 aliphatic carbocycles. The molecule has 3 atom stereocenters. The van der Waals surface area contributed by atoms with Crippen molar-refractivity contribution in [3.63, 3.8) is 0 Å². The molecule has 0 aromatic carbocycles. The minimum atomic E-state index is 0.221. The molecule has 20 heavy (non-hydrogen) atoms. The Bertz CT molecular complexity index is 318. The van der Waals surface area contributed by atoms with Crippen LogP contribution in [0.15, 0.2) is 0 Å². The average molecular weight is 316 g/mol. The molecule has 0 aromatic heterocycles. The molecule has 0 saturated heterocycles. The number of rotatable bonds is 7. The smallest absolute Gasteiger partial charge is 0.185 e. The molecule has 1 saturated carbocycles. The number of carbonyl (C=O) groups is 2. The molecule has 0 aliphatic heterocycles. The van der Waals surface area contributed by atoms with E-state index in [2.05, 4.69) is 6.92 Å². The fraction of sp³-hybridized carbons (Fsp3) is 0.812. The summed E-state index contributed by atoms with van der Waals surface area (Å²) in [6, 6.07) is 0. The molecule has 1 rings (SSSR count). The predicted octanol–water partition coefficient (Wildman–Crippen LogP) is 4.58. The van der Waals surface area contributed by atoms with Crippen molar-refractivity contribution in [1.29, 1.82) is 0 Å². The summed E-state index contributed by atoms with van der Waals surface area (Å²) in [6.07, 6.45) is 7.13. The Hall–Kier alpha value is 0.0400. The van der Waals surface area contributed by atoms with Crippen molar-refractivity contribution in [3.05, 3.63) is 6.92 Å². The Morgan fingerprint density at radius 1 is 1.00 bits per heavy atom. The van der Waals surface area contributed by atoms with Crippen LogP contribution in [0, 0.1) is 24.7 Å². The quantitative estimate of drug-likeness (QED) is 0.688. The molecule has 0 spiro atoms. The van der Waals surface area contributed by atoms with Gasteiger partial charge in [0.1, 0.15) is 0 Å². The highest BCUT2D eigenvalue weighted by Crippen LogP contribution is 2.40. The van der Waals surface area contributed by atoms with E-state index in [4.69, 9.17) is 0 Å². The average Bonchev–Trinajstić information content (AvgIpc) is 2.39. The molecule has 115 valence electrons. The molecular formula is C16H27O2S2. The minimum absolute atomic E-state index is 0.221. The Morgan fingerprint density at radius 3 is 2.05 bits per heavy atom. The Kier molecular flexibility index (Phi) is 8.94. The molecular weight excluding hydrogens is 288 g/mol. The molecule has 3 unspecified atom stereocenters. The van der Waals surface area contributed by atoms with Crippen LogP contribution in [-0.2, 0) is 9.59 Å². The lowest BCUT2D eigenvalue weighted by Crippen LogP contribution is -2.26. The van der Waals surface area contributed by atoms with Gasteiger partial charge in [-0.1, -0.05) is 43.3 Å². The van der Waals surface area contributed by atoms with Gasteiger partial charge < -0.3 is 0 Å². The second-order valence-corrected chi connectivity index (χ2v) is 8.29. The summed E-state index contributed by atoms with van der Waals surface area (Å²) in [5.41, 5.74) is 0. The zero-order valence-electron chi connectivity index (χ0n) is 12.7. The summed E-state index contributed by atoms with van der Waals surface area (Å²) in [5, 5.41) is 0.443. The topological polar surface area (TPSA) is 34.1 Å². The summed E-state index contributed by atoms with van der Waals surface area (Å²) in [5.74, 6) is 4.11. The summed E-state index contributed by atoms with van der Waals surface area (Å²) in [6.45, 7) is 7.34. The van der Waals surface area contributed by atoms with Crippen LogP contribution in [-0.4, -0.2) is 21.7 Å².